The maximum atomic E-state index is 15.8. The van der Waals surface area contributed by atoms with Crippen molar-refractivity contribution in [3.05, 3.63) is 92.8 Å². The topological polar surface area (TPSA) is 112 Å². The van der Waals surface area contributed by atoms with Crippen molar-refractivity contribution >= 4 is 28.3 Å². The molecular weight excluding hydrogens is 643 g/mol. The molecule has 1 saturated heterocycles. The van der Waals surface area contributed by atoms with E-state index in [0.717, 1.165) is 29.5 Å². The quantitative estimate of drug-likeness (QED) is 0.155. The second kappa shape index (κ2) is 12.7. The highest BCUT2D eigenvalue weighted by atomic mass is 32.1. The molecule has 5 aromatic rings. The van der Waals surface area contributed by atoms with E-state index in [4.69, 9.17) is 24.5 Å². The zero-order valence-corrected chi connectivity index (χ0v) is 27.8. The Morgan fingerprint density at radius 3 is 2.58 bits per heavy atom. The van der Waals surface area contributed by atoms with Crippen molar-refractivity contribution in [1.29, 1.82) is 5.26 Å². The lowest BCUT2D eigenvalue weighted by atomic mass is 9.87. The van der Waals surface area contributed by atoms with E-state index < -0.39 is 29.0 Å². The summed E-state index contributed by atoms with van der Waals surface area (Å²) in [6, 6.07) is 11.3. The van der Waals surface area contributed by atoms with Crippen LogP contribution in [0, 0.1) is 34.2 Å². The summed E-state index contributed by atoms with van der Waals surface area (Å²) in [5.41, 5.74) is 0.648. The lowest BCUT2D eigenvalue weighted by Gasteiger charge is -2.28. The summed E-state index contributed by atoms with van der Waals surface area (Å²) in [6.07, 6.45) is 1.29. The van der Waals surface area contributed by atoms with Crippen LogP contribution in [0.2, 0.25) is 0 Å². The number of thiophene rings is 1. The fourth-order valence-corrected chi connectivity index (χ4v) is 6.35. The summed E-state index contributed by atoms with van der Waals surface area (Å²) in [6.45, 7) is 10.1. The zero-order valence-electron chi connectivity index (χ0n) is 26.9. The van der Waals surface area contributed by atoms with E-state index in [2.05, 4.69) is 23.8 Å². The number of rotatable bonds is 8. The first-order valence-electron chi connectivity index (χ1n) is 15.2. The fourth-order valence-electron chi connectivity index (χ4n) is 5.60. The minimum Gasteiger partial charge on any atom is -0.458 e. The molecule has 9 nitrogen and oxygen atoms in total. The molecule has 13 heteroatoms. The van der Waals surface area contributed by atoms with Gasteiger partial charge in [-0.15, -0.1) is 11.3 Å². The predicted octanol–water partition coefficient (Wildman–Crippen LogP) is 7.57. The van der Waals surface area contributed by atoms with Crippen LogP contribution < -0.4 is 4.74 Å². The number of carbonyl (C=O) groups is 1. The lowest BCUT2D eigenvalue weighted by Crippen LogP contribution is -2.27. The largest absolute Gasteiger partial charge is 0.458 e. The molecule has 0 aliphatic carbocycles. The van der Waals surface area contributed by atoms with Crippen molar-refractivity contribution in [2.24, 2.45) is 5.41 Å². The standard InChI is InChI=1S/C35H32F3N5O4S/c1-34(2,3)47-32(44)19-6-7-27-28(11-19)43(30-17-45-18-35(30,4)5)31(41-27)12-20-10-24(37)22(14-23(20)36)26-8-9-40-33(42-26)46-16-29-25(38)13-21(15-39)48-29/h6-11,13-14,30H,12,16-18H2,1-5H3/t30-/m1/s1. The Morgan fingerprint density at radius 1 is 1.10 bits per heavy atom. The summed E-state index contributed by atoms with van der Waals surface area (Å²) < 4.78 is 64.4. The smallest absolute Gasteiger partial charge is 0.338 e. The Labute approximate surface area is 278 Å². The second-order valence-electron chi connectivity index (χ2n) is 13.2. The number of aromatic nitrogens is 4. The Morgan fingerprint density at radius 2 is 1.90 bits per heavy atom. The first-order chi connectivity index (χ1) is 22.7. The van der Waals surface area contributed by atoms with Crippen LogP contribution in [0.4, 0.5) is 13.2 Å². The highest BCUT2D eigenvalue weighted by Gasteiger charge is 2.39. The Bertz CT molecular complexity index is 2080. The maximum Gasteiger partial charge on any atom is 0.338 e. The van der Waals surface area contributed by atoms with Gasteiger partial charge in [0, 0.05) is 29.7 Å². The van der Waals surface area contributed by atoms with E-state index in [-0.39, 0.29) is 57.1 Å². The van der Waals surface area contributed by atoms with Crippen LogP contribution in [-0.2, 0) is 22.5 Å². The molecule has 0 bridgehead atoms. The van der Waals surface area contributed by atoms with Gasteiger partial charge in [-0.3, -0.25) is 0 Å². The number of imidazole rings is 1. The van der Waals surface area contributed by atoms with Crippen molar-refractivity contribution in [2.45, 2.75) is 59.3 Å². The average molecular weight is 676 g/mol. The molecule has 0 amide bonds. The van der Waals surface area contributed by atoms with E-state index in [1.54, 1.807) is 39.0 Å². The van der Waals surface area contributed by atoms with Crippen molar-refractivity contribution in [1.82, 2.24) is 19.5 Å². The van der Waals surface area contributed by atoms with Crippen LogP contribution in [0.3, 0.4) is 0 Å². The van der Waals surface area contributed by atoms with Crippen molar-refractivity contribution < 1.29 is 32.2 Å². The lowest BCUT2D eigenvalue weighted by molar-refractivity contribution is 0.00696. The number of carbonyl (C=O) groups excluding carboxylic acids is 1. The van der Waals surface area contributed by atoms with Crippen LogP contribution in [0.15, 0.2) is 48.7 Å². The van der Waals surface area contributed by atoms with Gasteiger partial charge >= 0.3 is 12.0 Å². The predicted molar refractivity (Wildman–Crippen MR) is 172 cm³/mol. The maximum absolute atomic E-state index is 15.8. The molecule has 1 aliphatic rings. The number of nitriles is 1. The summed E-state index contributed by atoms with van der Waals surface area (Å²) in [5, 5.41) is 8.99. The second-order valence-corrected chi connectivity index (χ2v) is 14.4. The molecule has 1 fully saturated rings. The Balaban J connectivity index is 1.31. The van der Waals surface area contributed by atoms with Crippen LogP contribution >= 0.6 is 11.3 Å². The zero-order chi connectivity index (χ0) is 34.4. The SMILES string of the molecule is CC(C)(C)OC(=O)c1ccc2nc(Cc3cc(F)c(-c4ccnc(OCc5sc(C#N)cc5F)n4)cc3F)n([C@@H]3COCC3(C)C)c2c1. The third-order valence-electron chi connectivity index (χ3n) is 7.95. The third kappa shape index (κ3) is 6.77. The number of fused-ring (bicyclic) bond motifs is 1. The number of benzene rings is 2. The molecular formula is C35H32F3N5O4S. The molecule has 0 saturated carbocycles. The van der Waals surface area contributed by atoms with Crippen LogP contribution in [-0.4, -0.2) is 44.3 Å². The Kier molecular flexibility index (Phi) is 8.74. The average Bonchev–Trinajstić information content (AvgIpc) is 3.69. The highest BCUT2D eigenvalue weighted by Crippen LogP contribution is 2.41. The molecule has 48 heavy (non-hydrogen) atoms. The number of ether oxygens (including phenoxy) is 3. The molecule has 4 heterocycles. The van der Waals surface area contributed by atoms with E-state index in [9.17, 15) is 9.18 Å². The molecule has 1 aliphatic heterocycles. The molecule has 1 atom stereocenters. The molecule has 6 rings (SSSR count). The van der Waals surface area contributed by atoms with Gasteiger partial charge in [-0.2, -0.15) is 10.2 Å². The number of hydrogen-bond acceptors (Lipinski definition) is 9. The monoisotopic (exact) mass is 675 g/mol. The van der Waals surface area contributed by atoms with E-state index in [0.29, 0.717) is 35.6 Å². The third-order valence-corrected chi connectivity index (χ3v) is 8.94. The summed E-state index contributed by atoms with van der Waals surface area (Å²) in [7, 11) is 0. The van der Waals surface area contributed by atoms with Crippen LogP contribution in [0.25, 0.3) is 22.3 Å². The summed E-state index contributed by atoms with van der Waals surface area (Å²) >= 11 is 0.939. The van der Waals surface area contributed by atoms with Gasteiger partial charge in [0.25, 0.3) is 0 Å². The normalized spacial score (nSPS) is 15.9. The summed E-state index contributed by atoms with van der Waals surface area (Å²) in [4.78, 5) is 26.3. The van der Waals surface area contributed by atoms with Gasteiger partial charge in [0.2, 0.25) is 0 Å². The number of esters is 1. The van der Waals surface area contributed by atoms with Crippen LogP contribution in [0.5, 0.6) is 6.01 Å². The number of halogens is 3. The van der Waals surface area contributed by atoms with Gasteiger partial charge in [-0.05, 0) is 62.7 Å². The number of nitrogens with zero attached hydrogens (tertiary/aromatic N) is 5. The number of hydrogen-bond donors (Lipinski definition) is 0. The van der Waals surface area contributed by atoms with Crippen LogP contribution in [0.1, 0.15) is 72.2 Å². The van der Waals surface area contributed by atoms with E-state index in [1.807, 2.05) is 10.6 Å². The van der Waals surface area contributed by atoms with Gasteiger partial charge in [0.15, 0.2) is 0 Å². The van der Waals surface area contributed by atoms with Gasteiger partial charge in [0.1, 0.15) is 46.4 Å². The molecule has 0 N–H and O–H groups in total. The van der Waals surface area contributed by atoms with Gasteiger partial charge in [-0.1, -0.05) is 13.8 Å². The van der Waals surface area contributed by atoms with E-state index >= 15 is 8.78 Å². The van der Waals surface area contributed by atoms with Gasteiger partial charge in [0.05, 0.1) is 46.4 Å². The molecule has 0 spiro atoms. The molecule has 0 unspecified atom stereocenters. The van der Waals surface area contributed by atoms with Crippen molar-refractivity contribution in [3.63, 3.8) is 0 Å². The van der Waals surface area contributed by atoms with Gasteiger partial charge < -0.3 is 18.8 Å². The first-order valence-corrected chi connectivity index (χ1v) is 16.0. The minimum atomic E-state index is -0.724. The first kappa shape index (κ1) is 33.1. The Hall–Kier alpha value is -4.80. The molecule has 0 radical (unpaired) electrons. The molecule has 248 valence electrons. The molecule has 3 aromatic heterocycles. The van der Waals surface area contributed by atoms with Crippen molar-refractivity contribution in [2.75, 3.05) is 13.2 Å². The minimum absolute atomic E-state index is 0.0404. The highest BCUT2D eigenvalue weighted by molar-refractivity contribution is 7.12. The van der Waals surface area contributed by atoms with Gasteiger partial charge in [-0.25, -0.2) is 27.9 Å². The summed E-state index contributed by atoms with van der Waals surface area (Å²) in [5.74, 6) is -1.98. The molecule has 2 aromatic carbocycles. The fraction of sp³-hybridized carbons (Fsp3) is 0.343. The van der Waals surface area contributed by atoms with Crippen molar-refractivity contribution in [3.8, 4) is 23.3 Å². The van der Waals surface area contributed by atoms with E-state index in [1.165, 1.54) is 12.3 Å².